The molecule has 0 bridgehead atoms. The summed E-state index contributed by atoms with van der Waals surface area (Å²) in [5.74, 6) is 0. The third-order valence-corrected chi connectivity index (χ3v) is 3.92. The van der Waals surface area contributed by atoms with Crippen molar-refractivity contribution in [3.8, 4) is 0 Å². The van der Waals surface area contributed by atoms with Crippen LogP contribution in [-0.4, -0.2) is 0 Å². The summed E-state index contributed by atoms with van der Waals surface area (Å²) in [5, 5.41) is 2.46. The van der Waals surface area contributed by atoms with E-state index in [4.69, 9.17) is 0 Å². The lowest BCUT2D eigenvalue weighted by Gasteiger charge is -1.99. The SMILES string of the molecule is BrC(=C=C=Cc1cccc2ccccc12)c1ccccc1. The van der Waals surface area contributed by atoms with E-state index < -0.39 is 0 Å². The first-order valence-corrected chi connectivity index (χ1v) is 7.54. The quantitative estimate of drug-likeness (QED) is 0.501. The van der Waals surface area contributed by atoms with Crippen molar-refractivity contribution in [2.75, 3.05) is 0 Å². The van der Waals surface area contributed by atoms with Crippen LogP contribution in [0.3, 0.4) is 0 Å². The molecule has 3 aromatic rings. The van der Waals surface area contributed by atoms with E-state index in [9.17, 15) is 0 Å². The van der Waals surface area contributed by atoms with Crippen molar-refractivity contribution in [2.45, 2.75) is 0 Å². The molecule has 0 nitrogen and oxygen atoms in total. The molecule has 0 saturated heterocycles. The molecule has 0 unspecified atom stereocenters. The van der Waals surface area contributed by atoms with E-state index in [-0.39, 0.29) is 0 Å². The Labute approximate surface area is 132 Å². The molecule has 0 atom stereocenters. The second-order valence-corrected chi connectivity index (χ2v) is 5.46. The summed E-state index contributed by atoms with van der Waals surface area (Å²) < 4.78 is 0.902. The van der Waals surface area contributed by atoms with Gasteiger partial charge in [-0.25, -0.2) is 0 Å². The van der Waals surface area contributed by atoms with Crippen LogP contribution in [0.4, 0.5) is 0 Å². The van der Waals surface area contributed by atoms with Crippen molar-refractivity contribution in [2.24, 2.45) is 0 Å². The van der Waals surface area contributed by atoms with E-state index >= 15 is 0 Å². The van der Waals surface area contributed by atoms with Crippen LogP contribution in [0, 0.1) is 0 Å². The van der Waals surface area contributed by atoms with Gasteiger partial charge in [-0.2, -0.15) is 0 Å². The lowest BCUT2D eigenvalue weighted by atomic mass is 10.0. The van der Waals surface area contributed by atoms with Crippen LogP contribution in [-0.2, 0) is 0 Å². The molecule has 0 aliphatic heterocycles. The predicted molar refractivity (Wildman–Crippen MR) is 94.2 cm³/mol. The molecule has 3 rings (SSSR count). The summed E-state index contributed by atoms with van der Waals surface area (Å²) >= 11 is 3.53. The van der Waals surface area contributed by atoms with Gasteiger partial charge in [0, 0.05) is 0 Å². The van der Waals surface area contributed by atoms with Crippen LogP contribution in [0.1, 0.15) is 11.1 Å². The van der Waals surface area contributed by atoms with Crippen molar-refractivity contribution in [1.29, 1.82) is 0 Å². The number of fused-ring (bicyclic) bond motifs is 1. The molecule has 3 aromatic carbocycles. The van der Waals surface area contributed by atoms with Crippen molar-refractivity contribution in [3.63, 3.8) is 0 Å². The smallest absolute Gasteiger partial charge is 0.0684 e. The number of hydrogen-bond acceptors (Lipinski definition) is 0. The molecular formula is C20H13Br. The zero-order valence-electron chi connectivity index (χ0n) is 11.4. The summed E-state index contributed by atoms with van der Waals surface area (Å²) in [7, 11) is 0. The molecular weight excluding hydrogens is 320 g/mol. The third-order valence-electron chi connectivity index (χ3n) is 3.26. The minimum atomic E-state index is 0.902. The van der Waals surface area contributed by atoms with Gasteiger partial charge >= 0.3 is 0 Å². The lowest BCUT2D eigenvalue weighted by molar-refractivity contribution is 1.66. The number of rotatable bonds is 2. The van der Waals surface area contributed by atoms with Gasteiger partial charge in [-0.3, -0.25) is 0 Å². The van der Waals surface area contributed by atoms with Crippen LogP contribution in [0.25, 0.3) is 21.3 Å². The highest BCUT2D eigenvalue weighted by atomic mass is 79.9. The summed E-state index contributed by atoms with van der Waals surface area (Å²) in [4.78, 5) is 0. The standard InChI is InChI=1S/C20H13Br/c21-20(18-9-2-1-3-10-18)15-7-13-17-12-6-11-16-8-4-5-14-19(16)17/h1-6,8-14H. The first kappa shape index (κ1) is 13.7. The van der Waals surface area contributed by atoms with E-state index in [1.54, 1.807) is 0 Å². The average Bonchev–Trinajstić information content (AvgIpc) is 2.56. The van der Waals surface area contributed by atoms with Crippen LogP contribution in [0.2, 0.25) is 0 Å². The van der Waals surface area contributed by atoms with Crippen molar-refractivity contribution >= 4 is 37.3 Å². The van der Waals surface area contributed by atoms with Crippen LogP contribution in [0.5, 0.6) is 0 Å². The summed E-state index contributed by atoms with van der Waals surface area (Å²) in [5.41, 5.74) is 8.51. The van der Waals surface area contributed by atoms with Gasteiger partial charge in [0.2, 0.25) is 0 Å². The van der Waals surface area contributed by atoms with Crippen LogP contribution in [0.15, 0.2) is 84.3 Å². The Hall–Kier alpha value is -2.30. The van der Waals surface area contributed by atoms with Crippen molar-refractivity contribution in [3.05, 3.63) is 95.4 Å². The Balaban J connectivity index is 2.04. The van der Waals surface area contributed by atoms with E-state index in [0.29, 0.717) is 0 Å². The second kappa shape index (κ2) is 6.43. The van der Waals surface area contributed by atoms with E-state index in [2.05, 4.69) is 69.9 Å². The van der Waals surface area contributed by atoms with Gasteiger partial charge in [-0.15, -0.1) is 0 Å². The van der Waals surface area contributed by atoms with Crippen LogP contribution < -0.4 is 0 Å². The van der Waals surface area contributed by atoms with Gasteiger partial charge in [0.05, 0.1) is 4.48 Å². The van der Waals surface area contributed by atoms with Gasteiger partial charge in [-0.1, -0.05) is 84.3 Å². The highest BCUT2D eigenvalue weighted by Gasteiger charge is 1.95. The van der Waals surface area contributed by atoms with Gasteiger partial charge in [-0.05, 0) is 43.9 Å². The Bertz CT molecular complexity index is 857. The fourth-order valence-electron chi connectivity index (χ4n) is 2.21. The first-order chi connectivity index (χ1) is 10.3. The van der Waals surface area contributed by atoms with Gasteiger partial charge in [0.15, 0.2) is 0 Å². The monoisotopic (exact) mass is 332 g/mol. The fraction of sp³-hybridized carbons (Fsp3) is 0. The Kier molecular flexibility index (Phi) is 4.19. The molecule has 21 heavy (non-hydrogen) atoms. The first-order valence-electron chi connectivity index (χ1n) is 6.75. The Morgan fingerprint density at radius 3 is 2.38 bits per heavy atom. The molecule has 0 spiro atoms. The topological polar surface area (TPSA) is 0 Å². The molecule has 0 heterocycles. The van der Waals surface area contributed by atoms with Gasteiger partial charge in [0.25, 0.3) is 0 Å². The molecule has 0 N–H and O–H groups in total. The molecule has 0 amide bonds. The largest absolute Gasteiger partial charge is 0.0749 e. The molecule has 1 heteroatoms. The molecule has 0 aromatic heterocycles. The van der Waals surface area contributed by atoms with E-state index in [1.165, 1.54) is 10.8 Å². The predicted octanol–water partition coefficient (Wildman–Crippen LogP) is 6.04. The maximum Gasteiger partial charge on any atom is 0.0749 e. The van der Waals surface area contributed by atoms with Crippen molar-refractivity contribution < 1.29 is 0 Å². The zero-order valence-corrected chi connectivity index (χ0v) is 13.0. The maximum absolute atomic E-state index is 3.53. The minimum absolute atomic E-state index is 0.902. The Morgan fingerprint density at radius 2 is 1.52 bits per heavy atom. The van der Waals surface area contributed by atoms with E-state index in [1.807, 2.05) is 36.4 Å². The number of hydrogen-bond donors (Lipinski definition) is 0. The van der Waals surface area contributed by atoms with E-state index in [0.717, 1.165) is 15.6 Å². The van der Waals surface area contributed by atoms with Crippen molar-refractivity contribution in [1.82, 2.24) is 0 Å². The summed E-state index contributed by atoms with van der Waals surface area (Å²) in [6, 6.07) is 24.7. The molecule has 100 valence electrons. The highest BCUT2D eigenvalue weighted by molar-refractivity contribution is 9.15. The molecule has 0 radical (unpaired) electrons. The lowest BCUT2D eigenvalue weighted by Crippen LogP contribution is -1.76. The summed E-state index contributed by atoms with van der Waals surface area (Å²) in [6.45, 7) is 0. The normalized spacial score (nSPS) is 9.76. The number of halogens is 1. The van der Waals surface area contributed by atoms with Gasteiger partial charge < -0.3 is 0 Å². The molecule has 0 saturated carbocycles. The minimum Gasteiger partial charge on any atom is -0.0684 e. The molecule has 0 aliphatic rings. The summed E-state index contributed by atoms with van der Waals surface area (Å²) in [6.07, 6.45) is 1.96. The average molecular weight is 333 g/mol. The molecule has 0 aliphatic carbocycles. The highest BCUT2D eigenvalue weighted by Crippen LogP contribution is 2.20. The van der Waals surface area contributed by atoms with Gasteiger partial charge in [0.1, 0.15) is 0 Å². The number of benzene rings is 3. The second-order valence-electron chi connectivity index (χ2n) is 4.66. The molecule has 0 fully saturated rings. The fourth-order valence-corrected chi connectivity index (χ4v) is 2.59. The third kappa shape index (κ3) is 3.24. The zero-order chi connectivity index (χ0) is 14.5. The van der Waals surface area contributed by atoms with Crippen LogP contribution >= 0.6 is 15.9 Å². The Morgan fingerprint density at radius 1 is 0.810 bits per heavy atom. The maximum atomic E-state index is 3.53.